The van der Waals surface area contributed by atoms with Crippen LogP contribution in [-0.4, -0.2) is 32.4 Å². The van der Waals surface area contributed by atoms with Gasteiger partial charge in [0.1, 0.15) is 16.3 Å². The molecule has 2 heterocycles. The number of nitrogens with two attached hydrogens (primary N) is 1. The number of carbonyl (C=O) groups excluding carboxylic acids is 1. The Morgan fingerprint density at radius 1 is 1.48 bits per heavy atom. The summed E-state index contributed by atoms with van der Waals surface area (Å²) in [6.45, 7) is 1.80. The van der Waals surface area contributed by atoms with E-state index in [9.17, 15) is 14.4 Å². The SMILES string of the molecule is C#CCOc1cnc(C(=O)Nc2ccc(F)c([C@]3(C)N=C(N)S[C@@]4(C#N)C[C@@H]34)c2)cn1. The molecule has 0 radical (unpaired) electrons. The predicted molar refractivity (Wildman–Crippen MR) is 114 cm³/mol. The number of fused-ring (bicyclic) bond motifs is 1. The van der Waals surface area contributed by atoms with Crippen LogP contribution in [0.4, 0.5) is 10.1 Å². The molecule has 0 bridgehead atoms. The van der Waals surface area contributed by atoms with Gasteiger partial charge >= 0.3 is 0 Å². The number of anilines is 1. The number of nitrogens with zero attached hydrogens (tertiary/aromatic N) is 4. The number of benzene rings is 1. The Kier molecular flexibility index (Phi) is 5.03. The molecule has 2 aliphatic rings. The number of carbonyl (C=O) groups is 1. The van der Waals surface area contributed by atoms with Gasteiger partial charge in [-0.2, -0.15) is 5.26 Å². The molecule has 4 rings (SSSR count). The monoisotopic (exact) mass is 436 g/mol. The van der Waals surface area contributed by atoms with Crippen LogP contribution in [0.5, 0.6) is 5.88 Å². The quantitative estimate of drug-likeness (QED) is 0.689. The van der Waals surface area contributed by atoms with E-state index in [2.05, 4.69) is 32.3 Å². The van der Waals surface area contributed by atoms with Gasteiger partial charge in [0, 0.05) is 17.2 Å². The number of thioether (sulfide) groups is 1. The van der Waals surface area contributed by atoms with E-state index in [1.54, 1.807) is 6.92 Å². The molecule has 3 atom stereocenters. The molecule has 31 heavy (non-hydrogen) atoms. The van der Waals surface area contributed by atoms with Gasteiger partial charge in [-0.15, -0.1) is 6.42 Å². The Morgan fingerprint density at radius 3 is 2.97 bits per heavy atom. The standard InChI is InChI=1S/C21H17FN6O2S/c1-3-6-30-17-10-25-15(9-26-17)18(29)27-12-4-5-14(22)13(7-12)20(2)16-8-21(16,11-23)31-19(24)28-20/h1,4-5,7,9-10,16H,6,8H2,2H3,(H2,24,28)(H,27,29)/t16-,20-,21+/m0/s1. The van der Waals surface area contributed by atoms with Gasteiger partial charge in [0.05, 0.1) is 24.0 Å². The summed E-state index contributed by atoms with van der Waals surface area (Å²) in [5.74, 6) is 1.31. The summed E-state index contributed by atoms with van der Waals surface area (Å²) < 4.78 is 19.2. The maximum atomic E-state index is 14.8. The first-order valence-electron chi connectivity index (χ1n) is 9.26. The molecular formula is C21H17FN6O2S. The van der Waals surface area contributed by atoms with E-state index in [-0.39, 0.29) is 34.8 Å². The van der Waals surface area contributed by atoms with Crippen molar-refractivity contribution < 1.29 is 13.9 Å². The number of halogens is 1. The van der Waals surface area contributed by atoms with Crippen LogP contribution in [0.25, 0.3) is 0 Å². The molecule has 156 valence electrons. The van der Waals surface area contributed by atoms with Gasteiger partial charge in [0.15, 0.2) is 11.8 Å². The van der Waals surface area contributed by atoms with Crippen LogP contribution in [-0.2, 0) is 5.54 Å². The van der Waals surface area contributed by atoms with Crippen molar-refractivity contribution in [2.24, 2.45) is 16.6 Å². The van der Waals surface area contributed by atoms with E-state index in [1.807, 2.05) is 0 Å². The number of nitrogens with one attached hydrogen (secondary N) is 1. The molecule has 1 aromatic heterocycles. The normalized spacial score (nSPS) is 25.9. The van der Waals surface area contributed by atoms with Crippen molar-refractivity contribution in [2.45, 2.75) is 23.6 Å². The lowest BCUT2D eigenvalue weighted by Crippen LogP contribution is -2.35. The maximum absolute atomic E-state index is 14.8. The molecular weight excluding hydrogens is 419 g/mol. The molecule has 1 aliphatic carbocycles. The van der Waals surface area contributed by atoms with Gasteiger partial charge < -0.3 is 15.8 Å². The molecule has 2 aromatic rings. The van der Waals surface area contributed by atoms with Crippen molar-refractivity contribution >= 4 is 28.5 Å². The fourth-order valence-corrected chi connectivity index (χ4v) is 5.01. The van der Waals surface area contributed by atoms with Crippen LogP contribution in [0, 0.1) is 35.4 Å². The Labute approximate surface area is 182 Å². The predicted octanol–water partition coefficient (Wildman–Crippen LogP) is 2.44. The lowest BCUT2D eigenvalue weighted by molar-refractivity contribution is 0.102. The number of aliphatic imine (C=N–C) groups is 1. The van der Waals surface area contributed by atoms with Crippen molar-refractivity contribution in [1.29, 1.82) is 5.26 Å². The van der Waals surface area contributed by atoms with Crippen LogP contribution in [0.1, 0.15) is 29.4 Å². The zero-order valence-corrected chi connectivity index (χ0v) is 17.2. The second-order valence-electron chi connectivity index (χ2n) is 7.34. The van der Waals surface area contributed by atoms with Crippen molar-refractivity contribution in [1.82, 2.24) is 9.97 Å². The summed E-state index contributed by atoms with van der Waals surface area (Å²) in [4.78, 5) is 25.0. The largest absolute Gasteiger partial charge is 0.463 e. The first-order valence-corrected chi connectivity index (χ1v) is 10.1. The summed E-state index contributed by atoms with van der Waals surface area (Å²) in [5.41, 5.74) is 5.60. The molecule has 8 nitrogen and oxygen atoms in total. The number of terminal acetylenes is 1. The fraction of sp³-hybridized carbons (Fsp3) is 0.286. The van der Waals surface area contributed by atoms with E-state index in [0.29, 0.717) is 12.1 Å². The molecule has 0 spiro atoms. The highest BCUT2D eigenvalue weighted by atomic mass is 32.2. The minimum atomic E-state index is -1.01. The first-order chi connectivity index (χ1) is 14.8. The lowest BCUT2D eigenvalue weighted by Gasteiger charge is -2.32. The molecule has 1 fully saturated rings. The smallest absolute Gasteiger partial charge is 0.275 e. The Bertz CT molecular complexity index is 1170. The maximum Gasteiger partial charge on any atom is 0.275 e. The third-order valence-corrected chi connectivity index (χ3v) is 6.55. The molecule has 0 saturated heterocycles. The number of ether oxygens (including phenoxy) is 1. The number of nitriles is 1. The lowest BCUT2D eigenvalue weighted by atomic mass is 9.85. The minimum absolute atomic E-state index is 0.0386. The highest BCUT2D eigenvalue weighted by Crippen LogP contribution is 2.65. The number of rotatable bonds is 5. The molecule has 1 amide bonds. The van der Waals surface area contributed by atoms with Gasteiger partial charge in [-0.3, -0.25) is 9.79 Å². The molecule has 3 N–H and O–H groups in total. The van der Waals surface area contributed by atoms with Gasteiger partial charge in [-0.1, -0.05) is 17.7 Å². The zero-order valence-electron chi connectivity index (χ0n) is 16.4. The second kappa shape index (κ2) is 7.56. The van der Waals surface area contributed by atoms with E-state index in [4.69, 9.17) is 16.9 Å². The Morgan fingerprint density at radius 2 is 2.29 bits per heavy atom. The summed E-state index contributed by atoms with van der Waals surface area (Å²) in [6, 6.07) is 6.49. The second-order valence-corrected chi connectivity index (χ2v) is 8.69. The summed E-state index contributed by atoms with van der Waals surface area (Å²) in [7, 11) is 0. The minimum Gasteiger partial charge on any atom is -0.463 e. The van der Waals surface area contributed by atoms with Crippen molar-refractivity contribution in [3.05, 3.63) is 47.7 Å². The van der Waals surface area contributed by atoms with E-state index in [1.165, 1.54) is 42.4 Å². The Hall–Kier alpha value is -3.63. The molecule has 10 heteroatoms. The number of hydrogen-bond acceptors (Lipinski definition) is 8. The van der Waals surface area contributed by atoms with E-state index >= 15 is 0 Å². The van der Waals surface area contributed by atoms with Crippen LogP contribution < -0.4 is 15.8 Å². The average molecular weight is 436 g/mol. The summed E-state index contributed by atoms with van der Waals surface area (Å²) in [5, 5.41) is 12.5. The average Bonchev–Trinajstić information content (AvgIpc) is 3.49. The summed E-state index contributed by atoms with van der Waals surface area (Å²) in [6.07, 6.45) is 8.22. The number of aromatic nitrogens is 2. The van der Waals surface area contributed by atoms with Crippen LogP contribution in [0.15, 0.2) is 35.6 Å². The molecule has 0 unspecified atom stereocenters. The van der Waals surface area contributed by atoms with Crippen LogP contribution in [0.3, 0.4) is 0 Å². The zero-order chi connectivity index (χ0) is 22.2. The third kappa shape index (κ3) is 3.66. The van der Waals surface area contributed by atoms with E-state index in [0.717, 1.165) is 0 Å². The van der Waals surface area contributed by atoms with Crippen molar-refractivity contribution in [3.63, 3.8) is 0 Å². The van der Waals surface area contributed by atoms with Gasteiger partial charge in [0.25, 0.3) is 5.91 Å². The highest BCUT2D eigenvalue weighted by Gasteiger charge is 2.67. The molecule has 1 aliphatic heterocycles. The molecule has 1 saturated carbocycles. The number of hydrogen-bond donors (Lipinski definition) is 2. The summed E-state index contributed by atoms with van der Waals surface area (Å²) >= 11 is 1.22. The van der Waals surface area contributed by atoms with Gasteiger partial charge in [0.2, 0.25) is 5.88 Å². The number of amidine groups is 1. The Balaban J connectivity index is 1.58. The van der Waals surface area contributed by atoms with Crippen molar-refractivity contribution in [3.8, 4) is 24.3 Å². The van der Waals surface area contributed by atoms with Crippen molar-refractivity contribution in [2.75, 3.05) is 11.9 Å². The van der Waals surface area contributed by atoms with E-state index < -0.39 is 22.0 Å². The first kappa shape index (κ1) is 20.6. The topological polar surface area (TPSA) is 126 Å². The van der Waals surface area contributed by atoms with Crippen LogP contribution >= 0.6 is 11.8 Å². The van der Waals surface area contributed by atoms with Gasteiger partial charge in [-0.05, 0) is 31.5 Å². The molecule has 1 aromatic carbocycles. The number of amides is 1. The van der Waals surface area contributed by atoms with Gasteiger partial charge in [-0.25, -0.2) is 14.4 Å². The van der Waals surface area contributed by atoms with Crippen LogP contribution in [0.2, 0.25) is 0 Å². The third-order valence-electron chi connectivity index (χ3n) is 5.34. The highest BCUT2D eigenvalue weighted by molar-refractivity contribution is 8.15. The fourth-order valence-electron chi connectivity index (χ4n) is 3.73.